The van der Waals surface area contributed by atoms with Gasteiger partial charge in [-0.05, 0) is 19.9 Å². The number of rotatable bonds is 5. The lowest BCUT2D eigenvalue weighted by atomic mass is 10.3. The van der Waals surface area contributed by atoms with Gasteiger partial charge in [0.2, 0.25) is 5.91 Å². The number of amides is 1. The van der Waals surface area contributed by atoms with Crippen LogP contribution in [0.3, 0.4) is 0 Å². The van der Waals surface area contributed by atoms with E-state index in [0.29, 0.717) is 13.1 Å². The highest BCUT2D eigenvalue weighted by Crippen LogP contribution is 1.91. The van der Waals surface area contributed by atoms with Crippen LogP contribution in [0.4, 0.5) is 0 Å². The second-order valence-corrected chi connectivity index (χ2v) is 2.70. The zero-order valence-electron chi connectivity index (χ0n) is 9.15. The summed E-state index contributed by atoms with van der Waals surface area (Å²) in [5.74, 6) is -2.10. The largest absolute Gasteiger partial charge is 0.463 e. The molecule has 84 valence electrons. The van der Waals surface area contributed by atoms with Gasteiger partial charge in [-0.15, -0.1) is 0 Å². The summed E-state index contributed by atoms with van der Waals surface area (Å²) in [7, 11) is 1.11. The number of hydrogen-bond donors (Lipinski definition) is 0. The van der Waals surface area contributed by atoms with Crippen LogP contribution in [-0.2, 0) is 19.1 Å². The summed E-state index contributed by atoms with van der Waals surface area (Å²) in [5, 5.41) is 0. The van der Waals surface area contributed by atoms with Gasteiger partial charge in [0.05, 0.1) is 7.11 Å². The van der Waals surface area contributed by atoms with Crippen molar-refractivity contribution < 1.29 is 19.1 Å². The molecule has 0 N–H and O–H groups in total. The van der Waals surface area contributed by atoms with Crippen molar-refractivity contribution in [2.24, 2.45) is 0 Å². The van der Waals surface area contributed by atoms with Crippen LogP contribution in [0.5, 0.6) is 0 Å². The van der Waals surface area contributed by atoms with Gasteiger partial charge < -0.3 is 9.64 Å². The van der Waals surface area contributed by atoms with Crippen molar-refractivity contribution in [2.75, 3.05) is 20.2 Å². The van der Waals surface area contributed by atoms with Crippen molar-refractivity contribution in [3.05, 3.63) is 12.2 Å². The molecule has 0 aromatic rings. The zero-order valence-corrected chi connectivity index (χ0v) is 9.15. The van der Waals surface area contributed by atoms with Crippen molar-refractivity contribution in [1.82, 2.24) is 4.90 Å². The third-order valence-corrected chi connectivity index (χ3v) is 1.84. The lowest BCUT2D eigenvalue weighted by molar-refractivity contribution is -0.149. The third-order valence-electron chi connectivity index (χ3n) is 1.84. The van der Waals surface area contributed by atoms with Gasteiger partial charge in [0.25, 0.3) is 5.78 Å². The minimum Gasteiger partial charge on any atom is -0.463 e. The van der Waals surface area contributed by atoms with E-state index in [1.807, 2.05) is 13.8 Å². The average Bonchev–Trinajstić information content (AvgIpc) is 2.26. The molecule has 1 amide bonds. The van der Waals surface area contributed by atoms with E-state index in [0.717, 1.165) is 19.3 Å². The molecule has 0 aliphatic rings. The highest BCUT2D eigenvalue weighted by molar-refractivity contribution is 6.38. The minimum absolute atomic E-state index is 0.294. The van der Waals surface area contributed by atoms with Crippen LogP contribution in [0, 0.1) is 0 Å². The fourth-order valence-corrected chi connectivity index (χ4v) is 0.956. The molecule has 0 saturated heterocycles. The SMILES string of the molecule is CCN(CC)C(=O)/C=C/C(=O)C(=O)OC. The molecule has 0 radical (unpaired) electrons. The number of hydrogen-bond acceptors (Lipinski definition) is 4. The number of carbonyl (C=O) groups is 3. The van der Waals surface area contributed by atoms with Crippen molar-refractivity contribution >= 4 is 17.7 Å². The Kier molecular flexibility index (Phi) is 6.01. The van der Waals surface area contributed by atoms with E-state index >= 15 is 0 Å². The van der Waals surface area contributed by atoms with Crippen molar-refractivity contribution in [1.29, 1.82) is 0 Å². The van der Waals surface area contributed by atoms with Crippen molar-refractivity contribution in [2.45, 2.75) is 13.8 Å². The number of nitrogens with zero attached hydrogens (tertiary/aromatic N) is 1. The summed E-state index contributed by atoms with van der Waals surface area (Å²) >= 11 is 0. The van der Waals surface area contributed by atoms with Crippen LogP contribution in [0.15, 0.2) is 12.2 Å². The Hall–Kier alpha value is -1.65. The smallest absolute Gasteiger partial charge is 0.378 e. The first-order chi connectivity index (χ1) is 7.06. The second-order valence-electron chi connectivity index (χ2n) is 2.70. The maximum atomic E-state index is 11.4. The average molecular weight is 213 g/mol. The first-order valence-corrected chi connectivity index (χ1v) is 4.66. The van der Waals surface area contributed by atoms with Crippen LogP contribution < -0.4 is 0 Å². The number of carbonyl (C=O) groups excluding carboxylic acids is 3. The van der Waals surface area contributed by atoms with E-state index in [9.17, 15) is 14.4 Å². The van der Waals surface area contributed by atoms with Crippen molar-refractivity contribution in [3.8, 4) is 0 Å². The standard InChI is InChI=1S/C10H15NO4/c1-4-11(5-2)9(13)7-6-8(12)10(14)15-3/h6-7H,4-5H2,1-3H3/b7-6+. The van der Waals surface area contributed by atoms with Gasteiger partial charge in [0, 0.05) is 19.2 Å². The predicted molar refractivity (Wildman–Crippen MR) is 54.1 cm³/mol. The highest BCUT2D eigenvalue weighted by Gasteiger charge is 2.11. The molecule has 0 unspecified atom stereocenters. The molecule has 0 heterocycles. The molecule has 0 saturated carbocycles. The number of likely N-dealkylation sites (N-methyl/N-ethyl adjacent to an activating group) is 1. The van der Waals surface area contributed by atoms with Crippen LogP contribution in [0.1, 0.15) is 13.8 Å². The van der Waals surface area contributed by atoms with E-state index in [1.165, 1.54) is 4.90 Å². The first-order valence-electron chi connectivity index (χ1n) is 4.66. The molecule has 0 aromatic heterocycles. The van der Waals surface area contributed by atoms with Gasteiger partial charge in [0.15, 0.2) is 0 Å². The lowest BCUT2D eigenvalue weighted by Gasteiger charge is -2.15. The Bertz CT molecular complexity index is 279. The molecular weight excluding hydrogens is 198 g/mol. The predicted octanol–water partition coefficient (Wildman–Crippen LogP) is 0.153. The Balaban J connectivity index is 4.34. The van der Waals surface area contributed by atoms with E-state index in [-0.39, 0.29) is 5.91 Å². The van der Waals surface area contributed by atoms with E-state index in [1.54, 1.807) is 0 Å². The van der Waals surface area contributed by atoms with Gasteiger partial charge in [-0.25, -0.2) is 4.79 Å². The maximum absolute atomic E-state index is 11.4. The van der Waals surface area contributed by atoms with Crippen LogP contribution in [0.2, 0.25) is 0 Å². The van der Waals surface area contributed by atoms with E-state index in [2.05, 4.69) is 4.74 Å². The Morgan fingerprint density at radius 3 is 2.07 bits per heavy atom. The molecule has 0 aromatic carbocycles. The summed E-state index contributed by atoms with van der Waals surface area (Å²) in [6.07, 6.45) is 2.00. The summed E-state index contributed by atoms with van der Waals surface area (Å²) in [6, 6.07) is 0. The normalized spacial score (nSPS) is 10.1. The van der Waals surface area contributed by atoms with E-state index < -0.39 is 11.8 Å². The van der Waals surface area contributed by atoms with Gasteiger partial charge in [0.1, 0.15) is 0 Å². The van der Waals surface area contributed by atoms with E-state index in [4.69, 9.17) is 0 Å². The molecule has 0 rings (SSSR count). The topological polar surface area (TPSA) is 63.7 Å². The number of esters is 1. The van der Waals surface area contributed by atoms with Gasteiger partial charge in [-0.3, -0.25) is 9.59 Å². The molecule has 0 aliphatic carbocycles. The fourth-order valence-electron chi connectivity index (χ4n) is 0.956. The molecule has 0 fully saturated rings. The molecule has 0 bridgehead atoms. The summed E-state index contributed by atoms with van der Waals surface area (Å²) in [4.78, 5) is 34.5. The summed E-state index contributed by atoms with van der Waals surface area (Å²) in [6.45, 7) is 4.78. The summed E-state index contributed by atoms with van der Waals surface area (Å²) < 4.78 is 4.19. The third kappa shape index (κ3) is 4.39. The molecule has 0 spiro atoms. The van der Waals surface area contributed by atoms with Crippen molar-refractivity contribution in [3.63, 3.8) is 0 Å². The fraction of sp³-hybridized carbons (Fsp3) is 0.500. The molecular formula is C10H15NO4. The first kappa shape index (κ1) is 13.4. The maximum Gasteiger partial charge on any atom is 0.378 e. The summed E-state index contributed by atoms with van der Waals surface area (Å²) in [5.41, 5.74) is 0. The minimum atomic E-state index is -0.974. The Morgan fingerprint density at radius 2 is 1.67 bits per heavy atom. The monoisotopic (exact) mass is 213 g/mol. The van der Waals surface area contributed by atoms with Crippen LogP contribution >= 0.6 is 0 Å². The zero-order chi connectivity index (χ0) is 11.8. The number of methoxy groups -OCH3 is 1. The van der Waals surface area contributed by atoms with Crippen LogP contribution in [0.25, 0.3) is 0 Å². The Labute approximate surface area is 88.7 Å². The van der Waals surface area contributed by atoms with Gasteiger partial charge in [-0.2, -0.15) is 0 Å². The van der Waals surface area contributed by atoms with Gasteiger partial charge >= 0.3 is 5.97 Å². The lowest BCUT2D eigenvalue weighted by Crippen LogP contribution is -2.29. The van der Waals surface area contributed by atoms with Crippen LogP contribution in [-0.4, -0.2) is 42.8 Å². The molecule has 5 heteroatoms. The van der Waals surface area contributed by atoms with Gasteiger partial charge in [-0.1, -0.05) is 0 Å². The second kappa shape index (κ2) is 6.75. The number of ketones is 1. The quantitative estimate of drug-likeness (QED) is 0.370. The molecule has 15 heavy (non-hydrogen) atoms. The number of ether oxygens (including phenoxy) is 1. The molecule has 5 nitrogen and oxygen atoms in total. The molecule has 0 atom stereocenters. The molecule has 0 aliphatic heterocycles. The highest BCUT2D eigenvalue weighted by atomic mass is 16.5. The Morgan fingerprint density at radius 1 is 1.13 bits per heavy atom.